The molecule has 21 heteroatoms. The Morgan fingerprint density at radius 2 is 1.06 bits per heavy atom. The highest BCUT2D eigenvalue weighted by Crippen LogP contribution is 2.37. The molecule has 4 aromatic carbocycles. The standard InChI is InChI=1S/C48H55F3N10O7S/c1-46(56,21-3-5-23-52)41(65)60-37-31(39(63)33(54)25-27-13-17-29(62)18-14-27)9-7-11-35(37)58-44(60)69-45-59-36-12-8-10-32(38(36)61(45)42(66)47(2,57)22-4-6-24-53)40(64)34(55)26-28-15-19-30(20-16-28)68-43(67)48(49,50)51/h7-20,33-34,62H,3-6,21-26,52-57H2,1-2H3/t33-,34-,46-,47-/m0/s1. The van der Waals surface area contributed by atoms with E-state index in [0.717, 1.165) is 23.9 Å². The average Bonchev–Trinajstić information content (AvgIpc) is 3.86. The Hall–Kier alpha value is -6.33. The van der Waals surface area contributed by atoms with Crippen molar-refractivity contribution in [1.29, 1.82) is 0 Å². The maximum atomic E-state index is 14.9. The molecule has 0 fully saturated rings. The number of Topliss-reactive ketones (excluding diaryl/α,β-unsaturated/α-hetero) is 2. The van der Waals surface area contributed by atoms with E-state index in [1.807, 2.05) is 0 Å². The number of halogens is 3. The van der Waals surface area contributed by atoms with Crippen LogP contribution in [0.4, 0.5) is 13.2 Å². The Labute approximate surface area is 399 Å². The molecular formula is C48H55F3N10O7S. The smallest absolute Gasteiger partial charge is 0.491 e. The lowest BCUT2D eigenvalue weighted by molar-refractivity contribution is -0.189. The number of hydrogen-bond acceptors (Lipinski definition) is 16. The molecule has 0 radical (unpaired) electrons. The first-order valence-corrected chi connectivity index (χ1v) is 22.9. The fraction of sp³-hybridized carbons (Fsp3) is 0.354. The summed E-state index contributed by atoms with van der Waals surface area (Å²) in [6, 6.07) is 18.2. The van der Waals surface area contributed by atoms with Crippen LogP contribution in [0.25, 0.3) is 22.1 Å². The summed E-state index contributed by atoms with van der Waals surface area (Å²) in [4.78, 5) is 79.5. The molecule has 2 heterocycles. The van der Waals surface area contributed by atoms with Gasteiger partial charge in [0.25, 0.3) is 11.8 Å². The largest absolute Gasteiger partial charge is 0.508 e. The summed E-state index contributed by atoms with van der Waals surface area (Å²) in [6.07, 6.45) is -2.72. The third kappa shape index (κ3) is 11.9. The zero-order valence-electron chi connectivity index (χ0n) is 38.0. The van der Waals surface area contributed by atoms with Crippen molar-refractivity contribution in [3.8, 4) is 11.5 Å². The number of rotatable bonds is 21. The van der Waals surface area contributed by atoms with Gasteiger partial charge in [-0.15, -0.1) is 0 Å². The zero-order valence-corrected chi connectivity index (χ0v) is 38.8. The van der Waals surface area contributed by atoms with Gasteiger partial charge in [-0.25, -0.2) is 14.8 Å². The molecule has 366 valence electrons. The van der Waals surface area contributed by atoms with Crippen LogP contribution in [0.2, 0.25) is 0 Å². The molecule has 0 aliphatic rings. The van der Waals surface area contributed by atoms with Gasteiger partial charge in [-0.1, -0.05) is 36.4 Å². The van der Waals surface area contributed by atoms with Crippen LogP contribution in [0.3, 0.4) is 0 Å². The number of hydrogen-bond donors (Lipinski definition) is 7. The lowest BCUT2D eigenvalue weighted by atomic mass is 9.94. The molecule has 0 saturated heterocycles. The zero-order chi connectivity index (χ0) is 50.4. The van der Waals surface area contributed by atoms with Crippen molar-refractivity contribution in [3.63, 3.8) is 0 Å². The minimum Gasteiger partial charge on any atom is -0.508 e. The molecule has 13 N–H and O–H groups in total. The number of phenolic OH excluding ortho intramolecular Hbond substituents is 1. The van der Waals surface area contributed by atoms with Crippen molar-refractivity contribution < 1.29 is 47.0 Å². The molecule has 17 nitrogen and oxygen atoms in total. The van der Waals surface area contributed by atoms with E-state index in [1.54, 1.807) is 43.3 Å². The van der Waals surface area contributed by atoms with Gasteiger partial charge in [-0.05, 0) is 150 Å². The second-order valence-corrected chi connectivity index (χ2v) is 18.3. The minimum atomic E-state index is -5.20. The van der Waals surface area contributed by atoms with Crippen LogP contribution in [0.1, 0.15) is 93.8 Å². The van der Waals surface area contributed by atoms with Crippen LogP contribution in [0.15, 0.2) is 95.2 Å². The second-order valence-electron chi connectivity index (χ2n) is 17.4. The number of carbonyl (C=O) groups excluding carboxylic acids is 5. The van der Waals surface area contributed by atoms with Crippen molar-refractivity contribution >= 4 is 63.2 Å². The first kappa shape index (κ1) is 52.0. The summed E-state index contributed by atoms with van der Waals surface area (Å²) in [7, 11) is 0. The number of aromatic hydroxyl groups is 1. The lowest BCUT2D eigenvalue weighted by Gasteiger charge is -2.26. The number of nitrogens with two attached hydrogens (primary N) is 6. The summed E-state index contributed by atoms with van der Waals surface area (Å²) >= 11 is 0.805. The number of alkyl halides is 3. The SMILES string of the molecule is C[C@](N)(CCCCN)C(=O)n1c(Sc2nc3cccc(C(=O)[C@@H](N)Cc4ccc(OC(=O)C(F)(F)F)cc4)c3n2C(=O)[C@@](C)(N)CCCCN)nc2cccc(C(=O)[C@@H](N)Cc3ccc(O)cc3)c21. The van der Waals surface area contributed by atoms with E-state index in [9.17, 15) is 42.3 Å². The molecular weight excluding hydrogens is 918 g/mol. The van der Waals surface area contributed by atoms with Crippen molar-refractivity contribution in [2.75, 3.05) is 13.1 Å². The number of phenols is 1. The number of benzene rings is 4. The van der Waals surface area contributed by atoms with Crippen LogP contribution in [0.5, 0.6) is 11.5 Å². The molecule has 6 rings (SSSR count). The molecule has 0 saturated carbocycles. The number of imidazole rings is 2. The van der Waals surface area contributed by atoms with Crippen LogP contribution in [-0.4, -0.2) is 96.0 Å². The van der Waals surface area contributed by atoms with Crippen molar-refractivity contribution in [1.82, 2.24) is 19.1 Å². The number of para-hydroxylation sites is 2. The van der Waals surface area contributed by atoms with Crippen molar-refractivity contribution in [2.24, 2.45) is 34.4 Å². The summed E-state index contributed by atoms with van der Waals surface area (Å²) in [5.41, 5.74) is 36.8. The van der Waals surface area contributed by atoms with Crippen LogP contribution < -0.4 is 39.1 Å². The Balaban J connectivity index is 1.47. The molecule has 4 atom stereocenters. The Morgan fingerprint density at radius 1 is 0.652 bits per heavy atom. The van der Waals surface area contributed by atoms with Gasteiger partial charge in [0.2, 0.25) is 0 Å². The number of aromatic nitrogens is 4. The number of ketones is 2. The average molecular weight is 973 g/mol. The molecule has 69 heavy (non-hydrogen) atoms. The van der Waals surface area contributed by atoms with Gasteiger partial charge in [0, 0.05) is 11.1 Å². The van der Waals surface area contributed by atoms with Gasteiger partial charge in [0.1, 0.15) is 11.5 Å². The van der Waals surface area contributed by atoms with Gasteiger partial charge in [0.05, 0.1) is 45.2 Å². The van der Waals surface area contributed by atoms with Crippen LogP contribution in [-0.2, 0) is 17.6 Å². The normalized spacial score (nSPS) is 14.5. The van der Waals surface area contributed by atoms with Crippen molar-refractivity contribution in [3.05, 3.63) is 107 Å². The van der Waals surface area contributed by atoms with Gasteiger partial charge in [-0.3, -0.25) is 28.3 Å². The minimum absolute atomic E-state index is 0.0179. The second kappa shape index (κ2) is 21.5. The molecule has 0 aliphatic carbocycles. The number of esters is 1. The molecule has 0 amide bonds. The summed E-state index contributed by atoms with van der Waals surface area (Å²) < 4.78 is 45.1. The van der Waals surface area contributed by atoms with Gasteiger partial charge >= 0.3 is 12.1 Å². The van der Waals surface area contributed by atoms with E-state index >= 15 is 0 Å². The number of carbonyl (C=O) groups is 5. The van der Waals surface area contributed by atoms with Gasteiger partial charge in [0.15, 0.2) is 21.9 Å². The van der Waals surface area contributed by atoms with E-state index in [2.05, 4.69) is 4.74 Å². The first-order chi connectivity index (χ1) is 32.6. The Morgan fingerprint density at radius 3 is 1.45 bits per heavy atom. The maximum Gasteiger partial charge on any atom is 0.491 e. The van der Waals surface area contributed by atoms with E-state index in [0.29, 0.717) is 49.9 Å². The maximum absolute atomic E-state index is 14.9. The summed E-state index contributed by atoms with van der Waals surface area (Å²) in [5.74, 6) is -5.17. The first-order valence-electron chi connectivity index (χ1n) is 22.1. The van der Waals surface area contributed by atoms with Gasteiger partial charge < -0.3 is 44.2 Å². The predicted octanol–water partition coefficient (Wildman–Crippen LogP) is 5.19. The molecule has 0 spiro atoms. The highest BCUT2D eigenvalue weighted by atomic mass is 32.2. The molecule has 0 unspecified atom stereocenters. The van der Waals surface area contributed by atoms with E-state index in [-0.39, 0.29) is 80.7 Å². The molecule has 0 bridgehead atoms. The van der Waals surface area contributed by atoms with Gasteiger partial charge in [-0.2, -0.15) is 13.2 Å². The molecule has 6 aromatic rings. The highest BCUT2D eigenvalue weighted by Gasteiger charge is 2.42. The number of ether oxygens (including phenoxy) is 1. The van der Waals surface area contributed by atoms with Crippen LogP contribution >= 0.6 is 11.8 Å². The monoisotopic (exact) mass is 972 g/mol. The van der Waals surface area contributed by atoms with Crippen molar-refractivity contribution in [2.45, 2.75) is 105 Å². The lowest BCUT2D eigenvalue weighted by Crippen LogP contribution is -2.48. The third-order valence-electron chi connectivity index (χ3n) is 11.6. The fourth-order valence-corrected chi connectivity index (χ4v) is 8.77. The Kier molecular flexibility index (Phi) is 16.2. The summed E-state index contributed by atoms with van der Waals surface area (Å²) in [6.45, 7) is 3.81. The number of unbranched alkanes of at least 4 members (excludes halogenated alkanes) is 2. The summed E-state index contributed by atoms with van der Waals surface area (Å²) in [5, 5.41) is 9.72. The van der Waals surface area contributed by atoms with E-state index < -0.39 is 58.7 Å². The van der Waals surface area contributed by atoms with E-state index in [4.69, 9.17) is 44.4 Å². The fourth-order valence-electron chi connectivity index (χ4n) is 7.78. The number of nitrogens with zero attached hydrogens (tertiary/aromatic N) is 4. The van der Waals surface area contributed by atoms with E-state index in [1.165, 1.54) is 52.5 Å². The predicted molar refractivity (Wildman–Crippen MR) is 254 cm³/mol. The third-order valence-corrected chi connectivity index (χ3v) is 12.5. The number of fused-ring (bicyclic) bond motifs is 2. The topological polar surface area (TPSA) is 307 Å². The molecule has 2 aromatic heterocycles. The molecule has 0 aliphatic heterocycles. The quantitative estimate of drug-likeness (QED) is 0.0211. The highest BCUT2D eigenvalue weighted by molar-refractivity contribution is 7.99. The Bertz CT molecular complexity index is 2860. The van der Waals surface area contributed by atoms with Crippen LogP contribution in [0, 0.1) is 0 Å².